The van der Waals surface area contributed by atoms with Gasteiger partial charge in [-0.25, -0.2) is 4.39 Å². The fraction of sp³-hybridized carbons (Fsp3) is 0.500. The number of carbonyl (C=O) groups is 1. The quantitative estimate of drug-likeness (QED) is 0.657. The Kier molecular flexibility index (Phi) is 4.85. The zero-order valence-corrected chi connectivity index (χ0v) is 11.8. The lowest BCUT2D eigenvalue weighted by Gasteiger charge is -2.28. The Morgan fingerprint density at radius 3 is 2.43 bits per heavy atom. The number of carbonyl (C=O) groups excluding carboxylic acids is 1. The van der Waals surface area contributed by atoms with Crippen LogP contribution in [0.4, 0.5) is 10.1 Å². The van der Waals surface area contributed by atoms with Crippen LogP contribution in [0.25, 0.3) is 0 Å². The highest BCUT2D eigenvalue weighted by molar-refractivity contribution is 5.94. The van der Waals surface area contributed by atoms with Gasteiger partial charge in [0.25, 0.3) is 11.6 Å². The molecule has 1 aromatic carbocycles. The molecule has 2 N–H and O–H groups in total. The largest absolute Gasteiger partial charge is 0.349 e. The Morgan fingerprint density at radius 2 is 1.90 bits per heavy atom. The molecule has 6 nitrogen and oxygen atoms in total. The molecule has 2 rings (SSSR count). The fourth-order valence-electron chi connectivity index (χ4n) is 2.59. The third-order valence-electron chi connectivity index (χ3n) is 3.88. The van der Waals surface area contributed by atoms with Gasteiger partial charge in [-0.1, -0.05) is 0 Å². The van der Waals surface area contributed by atoms with Crippen molar-refractivity contribution in [3.63, 3.8) is 0 Å². The van der Waals surface area contributed by atoms with E-state index >= 15 is 0 Å². The molecule has 0 unspecified atom stereocenters. The number of halogens is 1. The summed E-state index contributed by atoms with van der Waals surface area (Å²) in [5.41, 5.74) is -0.519. The van der Waals surface area contributed by atoms with Gasteiger partial charge in [0.15, 0.2) is 0 Å². The van der Waals surface area contributed by atoms with Gasteiger partial charge in [-0.2, -0.15) is 0 Å². The minimum atomic E-state index is -0.870. The summed E-state index contributed by atoms with van der Waals surface area (Å²) in [6.45, 7) is 0. The van der Waals surface area contributed by atoms with Crippen LogP contribution in [-0.4, -0.2) is 30.0 Å². The molecular weight excluding hydrogens is 277 g/mol. The van der Waals surface area contributed by atoms with Crippen molar-refractivity contribution < 1.29 is 14.1 Å². The predicted molar refractivity (Wildman–Crippen MR) is 75.6 cm³/mol. The smallest absolute Gasteiger partial charge is 0.272 e. The molecule has 114 valence electrons. The third kappa shape index (κ3) is 3.75. The van der Waals surface area contributed by atoms with Crippen molar-refractivity contribution >= 4 is 11.6 Å². The number of nitro benzene ring substituents is 1. The maximum absolute atomic E-state index is 13.8. The number of benzene rings is 1. The molecule has 0 aromatic heterocycles. The highest BCUT2D eigenvalue weighted by Gasteiger charge is 2.23. The highest BCUT2D eigenvalue weighted by Crippen LogP contribution is 2.20. The first kappa shape index (κ1) is 15.4. The van der Waals surface area contributed by atoms with Gasteiger partial charge in [0.05, 0.1) is 16.6 Å². The Morgan fingerprint density at radius 1 is 1.29 bits per heavy atom. The molecule has 1 saturated carbocycles. The van der Waals surface area contributed by atoms with Crippen molar-refractivity contribution in [3.8, 4) is 0 Å². The van der Waals surface area contributed by atoms with E-state index in [2.05, 4.69) is 10.6 Å². The first-order valence-corrected chi connectivity index (χ1v) is 6.93. The van der Waals surface area contributed by atoms with Gasteiger partial charge in [0, 0.05) is 18.2 Å². The fourth-order valence-corrected chi connectivity index (χ4v) is 2.59. The van der Waals surface area contributed by atoms with Crippen molar-refractivity contribution in [2.45, 2.75) is 37.8 Å². The number of hydrogen-bond donors (Lipinski definition) is 2. The van der Waals surface area contributed by atoms with Gasteiger partial charge >= 0.3 is 0 Å². The molecule has 1 aliphatic carbocycles. The van der Waals surface area contributed by atoms with Crippen LogP contribution < -0.4 is 10.6 Å². The summed E-state index contributed by atoms with van der Waals surface area (Å²) in [5, 5.41) is 16.5. The molecule has 1 amide bonds. The van der Waals surface area contributed by atoms with E-state index in [1.165, 1.54) is 0 Å². The number of amides is 1. The van der Waals surface area contributed by atoms with Gasteiger partial charge < -0.3 is 10.6 Å². The van der Waals surface area contributed by atoms with Gasteiger partial charge in [-0.3, -0.25) is 14.9 Å². The number of nitrogens with zero attached hydrogens (tertiary/aromatic N) is 1. The molecule has 1 aromatic rings. The van der Waals surface area contributed by atoms with Crippen LogP contribution in [0.2, 0.25) is 0 Å². The standard InChI is InChI=1S/C14H18FN3O3/c1-16-9-2-4-10(5-3-9)17-14(19)12-7-6-11(18(20)21)8-13(12)15/h6-10,16H,2-5H2,1H3,(H,17,19). The molecule has 7 heteroatoms. The maximum Gasteiger partial charge on any atom is 0.272 e. The van der Waals surface area contributed by atoms with Crippen molar-refractivity contribution in [2.75, 3.05) is 7.05 Å². The Hall–Kier alpha value is -2.02. The Balaban J connectivity index is 1.99. The number of rotatable bonds is 4. The van der Waals surface area contributed by atoms with Gasteiger partial charge in [-0.15, -0.1) is 0 Å². The zero-order chi connectivity index (χ0) is 15.4. The molecule has 0 heterocycles. The maximum atomic E-state index is 13.8. The number of non-ortho nitro benzene ring substituents is 1. The number of nitrogens with one attached hydrogen (secondary N) is 2. The van der Waals surface area contributed by atoms with Crippen molar-refractivity contribution in [1.82, 2.24) is 10.6 Å². The van der Waals surface area contributed by atoms with Crippen molar-refractivity contribution in [3.05, 3.63) is 39.7 Å². The molecule has 0 spiro atoms. The van der Waals surface area contributed by atoms with Crippen LogP contribution >= 0.6 is 0 Å². The molecule has 0 bridgehead atoms. The Labute approximate surface area is 121 Å². The van der Waals surface area contributed by atoms with Crippen LogP contribution in [0.1, 0.15) is 36.0 Å². The zero-order valence-electron chi connectivity index (χ0n) is 11.8. The van der Waals surface area contributed by atoms with E-state index in [1.807, 2.05) is 7.05 Å². The van der Waals surface area contributed by atoms with Crippen LogP contribution in [-0.2, 0) is 0 Å². The van der Waals surface area contributed by atoms with Crippen molar-refractivity contribution in [2.24, 2.45) is 0 Å². The van der Waals surface area contributed by atoms with E-state index in [9.17, 15) is 19.3 Å². The summed E-state index contributed by atoms with van der Waals surface area (Å²) in [4.78, 5) is 21.9. The second-order valence-electron chi connectivity index (χ2n) is 5.23. The van der Waals surface area contributed by atoms with E-state index < -0.39 is 16.6 Å². The molecule has 0 aliphatic heterocycles. The van der Waals surface area contributed by atoms with E-state index in [4.69, 9.17) is 0 Å². The van der Waals surface area contributed by atoms with Crippen LogP contribution in [0.5, 0.6) is 0 Å². The molecule has 0 saturated heterocycles. The average molecular weight is 295 g/mol. The summed E-state index contributed by atoms with van der Waals surface area (Å²) in [6.07, 6.45) is 3.60. The third-order valence-corrected chi connectivity index (χ3v) is 3.88. The minimum absolute atomic E-state index is 0.0247. The van der Waals surface area contributed by atoms with Crippen LogP contribution in [0, 0.1) is 15.9 Å². The summed E-state index contributed by atoms with van der Waals surface area (Å²) < 4.78 is 13.8. The summed E-state index contributed by atoms with van der Waals surface area (Å²) >= 11 is 0. The van der Waals surface area contributed by atoms with Gasteiger partial charge in [-0.05, 0) is 38.8 Å². The van der Waals surface area contributed by atoms with Crippen molar-refractivity contribution in [1.29, 1.82) is 0 Å². The monoisotopic (exact) mass is 295 g/mol. The van der Waals surface area contributed by atoms with E-state index in [-0.39, 0.29) is 17.3 Å². The topological polar surface area (TPSA) is 84.3 Å². The minimum Gasteiger partial charge on any atom is -0.349 e. The lowest BCUT2D eigenvalue weighted by Crippen LogP contribution is -2.41. The molecule has 1 aliphatic rings. The van der Waals surface area contributed by atoms with E-state index in [0.29, 0.717) is 6.04 Å². The average Bonchev–Trinajstić information content (AvgIpc) is 2.47. The first-order chi connectivity index (χ1) is 10.0. The van der Waals surface area contributed by atoms with E-state index in [0.717, 1.165) is 43.9 Å². The SMILES string of the molecule is CNC1CCC(NC(=O)c2ccc([N+](=O)[O-])cc2F)CC1. The van der Waals surface area contributed by atoms with Gasteiger partial charge in [0.1, 0.15) is 5.82 Å². The van der Waals surface area contributed by atoms with Crippen LogP contribution in [0.15, 0.2) is 18.2 Å². The lowest BCUT2D eigenvalue weighted by molar-refractivity contribution is -0.385. The highest BCUT2D eigenvalue weighted by atomic mass is 19.1. The summed E-state index contributed by atoms with van der Waals surface area (Å²) in [6, 6.07) is 3.55. The molecule has 1 fully saturated rings. The second-order valence-corrected chi connectivity index (χ2v) is 5.23. The predicted octanol–water partition coefficient (Wildman–Crippen LogP) is 1.99. The molecule has 0 radical (unpaired) electrons. The first-order valence-electron chi connectivity index (χ1n) is 6.93. The van der Waals surface area contributed by atoms with Crippen LogP contribution in [0.3, 0.4) is 0 Å². The normalized spacial score (nSPS) is 21.8. The molecular formula is C14H18FN3O3. The second kappa shape index (κ2) is 6.62. The lowest BCUT2D eigenvalue weighted by atomic mass is 9.91. The number of hydrogen-bond acceptors (Lipinski definition) is 4. The van der Waals surface area contributed by atoms with E-state index in [1.54, 1.807) is 0 Å². The molecule has 0 atom stereocenters. The van der Waals surface area contributed by atoms with Gasteiger partial charge in [0.2, 0.25) is 0 Å². The summed E-state index contributed by atoms with van der Waals surface area (Å²) in [7, 11) is 1.91. The Bertz CT molecular complexity index is 542. The number of nitro groups is 1. The molecule has 21 heavy (non-hydrogen) atoms. The summed E-state index contributed by atoms with van der Waals surface area (Å²) in [5.74, 6) is -1.39.